The quantitative estimate of drug-likeness (QED) is 0.596. The van der Waals surface area contributed by atoms with Crippen LogP contribution in [-0.2, 0) is 6.18 Å². The van der Waals surface area contributed by atoms with Crippen LogP contribution in [0.15, 0.2) is 6.20 Å². The highest BCUT2D eigenvalue weighted by molar-refractivity contribution is 5.21. The number of aromatic nitrogens is 2. The lowest BCUT2D eigenvalue weighted by Crippen LogP contribution is -2.06. The SMILES string of the molecule is [CH2]c1c[nH]nc1C(F)(F)F. The Bertz CT molecular complexity index is 225. The van der Waals surface area contributed by atoms with Gasteiger partial charge in [-0.05, 0) is 6.92 Å². The number of hydrogen-bond donors (Lipinski definition) is 1. The first-order valence-corrected chi connectivity index (χ1v) is 2.45. The number of hydrogen-bond acceptors (Lipinski definition) is 1. The Balaban J connectivity index is 3.05. The molecule has 0 saturated carbocycles. The third-order valence-corrected chi connectivity index (χ3v) is 0.988. The van der Waals surface area contributed by atoms with Crippen molar-refractivity contribution >= 4 is 0 Å². The van der Waals surface area contributed by atoms with Gasteiger partial charge in [0.05, 0.1) is 0 Å². The first-order valence-electron chi connectivity index (χ1n) is 2.45. The summed E-state index contributed by atoms with van der Waals surface area (Å²) in [6.07, 6.45) is -3.29. The Morgan fingerprint density at radius 1 is 1.50 bits per heavy atom. The van der Waals surface area contributed by atoms with Gasteiger partial charge < -0.3 is 0 Å². The molecule has 1 heterocycles. The highest BCUT2D eigenvalue weighted by Crippen LogP contribution is 2.29. The van der Waals surface area contributed by atoms with Crippen LogP contribution in [0.25, 0.3) is 0 Å². The van der Waals surface area contributed by atoms with Gasteiger partial charge in [-0.2, -0.15) is 18.3 Å². The van der Waals surface area contributed by atoms with Gasteiger partial charge in [0.1, 0.15) is 0 Å². The lowest BCUT2D eigenvalue weighted by Gasteiger charge is -2.01. The van der Waals surface area contributed by atoms with E-state index in [4.69, 9.17) is 0 Å². The molecule has 0 aromatic carbocycles. The zero-order valence-electron chi connectivity index (χ0n) is 4.87. The average Bonchev–Trinajstić information content (AvgIpc) is 2.11. The first-order chi connectivity index (χ1) is 4.52. The normalized spacial score (nSPS) is 12.0. The summed E-state index contributed by atoms with van der Waals surface area (Å²) in [7, 11) is 0. The summed E-state index contributed by atoms with van der Waals surface area (Å²) < 4.78 is 35.3. The lowest BCUT2D eigenvalue weighted by molar-refractivity contribution is -0.141. The largest absolute Gasteiger partial charge is 0.435 e. The smallest absolute Gasteiger partial charge is 0.285 e. The van der Waals surface area contributed by atoms with E-state index in [0.29, 0.717) is 0 Å². The maximum absolute atomic E-state index is 11.8. The highest BCUT2D eigenvalue weighted by atomic mass is 19.4. The summed E-state index contributed by atoms with van der Waals surface area (Å²) in [6.45, 7) is 3.13. The van der Waals surface area contributed by atoms with E-state index in [1.165, 1.54) is 0 Å². The first kappa shape index (κ1) is 7.11. The molecule has 0 unspecified atom stereocenters. The van der Waals surface area contributed by atoms with E-state index in [-0.39, 0.29) is 5.56 Å². The number of aromatic amines is 1. The number of alkyl halides is 3. The Morgan fingerprint density at radius 3 is 2.30 bits per heavy atom. The fraction of sp³-hybridized carbons (Fsp3) is 0.200. The summed E-state index contributed by atoms with van der Waals surface area (Å²) in [5, 5.41) is 5.05. The fourth-order valence-electron chi connectivity index (χ4n) is 0.560. The zero-order chi connectivity index (χ0) is 7.78. The second kappa shape index (κ2) is 2.00. The molecule has 55 valence electrons. The lowest BCUT2D eigenvalue weighted by atomic mass is 10.3. The molecule has 1 aromatic heterocycles. The van der Waals surface area contributed by atoms with E-state index in [1.807, 2.05) is 0 Å². The van der Waals surface area contributed by atoms with Gasteiger partial charge in [-0.1, -0.05) is 0 Å². The van der Waals surface area contributed by atoms with Gasteiger partial charge in [0.25, 0.3) is 0 Å². The maximum Gasteiger partial charge on any atom is 0.435 e. The Hall–Kier alpha value is -1.00. The summed E-state index contributed by atoms with van der Waals surface area (Å²) in [5.74, 6) is 0. The molecule has 0 spiro atoms. The van der Waals surface area contributed by atoms with Crippen molar-refractivity contribution in [3.63, 3.8) is 0 Å². The monoisotopic (exact) mass is 149 g/mol. The van der Waals surface area contributed by atoms with Gasteiger partial charge in [0.2, 0.25) is 0 Å². The van der Waals surface area contributed by atoms with E-state index in [2.05, 4.69) is 17.1 Å². The minimum Gasteiger partial charge on any atom is -0.285 e. The summed E-state index contributed by atoms with van der Waals surface area (Å²) in [6, 6.07) is 0. The predicted molar refractivity (Wildman–Crippen MR) is 28.0 cm³/mol. The molecule has 0 aliphatic heterocycles. The number of halogens is 3. The molecule has 0 bridgehead atoms. The molecule has 0 fully saturated rings. The number of nitrogens with one attached hydrogen (secondary N) is 1. The van der Waals surface area contributed by atoms with Crippen molar-refractivity contribution in [3.05, 3.63) is 24.4 Å². The third kappa shape index (κ3) is 1.12. The van der Waals surface area contributed by atoms with Gasteiger partial charge in [0, 0.05) is 11.8 Å². The van der Waals surface area contributed by atoms with Crippen LogP contribution >= 0.6 is 0 Å². The second-order valence-electron chi connectivity index (χ2n) is 1.76. The summed E-state index contributed by atoms with van der Waals surface area (Å²) in [5.41, 5.74) is -1.08. The van der Waals surface area contributed by atoms with Crippen LogP contribution < -0.4 is 0 Å². The van der Waals surface area contributed by atoms with E-state index < -0.39 is 11.9 Å². The minimum absolute atomic E-state index is 0.132. The molecular weight excluding hydrogens is 145 g/mol. The van der Waals surface area contributed by atoms with E-state index >= 15 is 0 Å². The molecule has 10 heavy (non-hydrogen) atoms. The molecule has 1 rings (SSSR count). The Morgan fingerprint density at radius 2 is 2.10 bits per heavy atom. The molecule has 0 atom stereocenters. The average molecular weight is 149 g/mol. The van der Waals surface area contributed by atoms with Gasteiger partial charge in [0.15, 0.2) is 5.69 Å². The molecule has 0 amide bonds. The standard InChI is InChI=1S/C5H4F3N2/c1-3-2-9-10-4(3)5(6,7)8/h2H,1H2,(H,9,10). The Labute approximate surface area is 55.1 Å². The maximum atomic E-state index is 11.8. The van der Waals surface area contributed by atoms with Gasteiger partial charge in [-0.25, -0.2) is 0 Å². The number of nitrogens with zero attached hydrogens (tertiary/aromatic N) is 1. The van der Waals surface area contributed by atoms with Gasteiger partial charge in [-0.3, -0.25) is 5.10 Å². The van der Waals surface area contributed by atoms with Crippen molar-refractivity contribution < 1.29 is 13.2 Å². The van der Waals surface area contributed by atoms with Crippen LogP contribution in [0.2, 0.25) is 0 Å². The molecule has 5 heteroatoms. The van der Waals surface area contributed by atoms with Gasteiger partial charge in [-0.15, -0.1) is 0 Å². The van der Waals surface area contributed by atoms with Crippen molar-refractivity contribution in [2.45, 2.75) is 6.18 Å². The summed E-state index contributed by atoms with van der Waals surface area (Å²) >= 11 is 0. The van der Waals surface area contributed by atoms with Crippen molar-refractivity contribution in [2.24, 2.45) is 0 Å². The molecule has 0 aliphatic carbocycles. The van der Waals surface area contributed by atoms with Crippen molar-refractivity contribution in [1.29, 1.82) is 0 Å². The minimum atomic E-state index is -4.39. The van der Waals surface area contributed by atoms with E-state index in [0.717, 1.165) is 6.20 Å². The van der Waals surface area contributed by atoms with Crippen molar-refractivity contribution in [2.75, 3.05) is 0 Å². The molecule has 0 aliphatic rings. The third-order valence-electron chi connectivity index (χ3n) is 0.988. The number of rotatable bonds is 0. The van der Waals surface area contributed by atoms with Crippen LogP contribution in [0.5, 0.6) is 0 Å². The van der Waals surface area contributed by atoms with Gasteiger partial charge >= 0.3 is 6.18 Å². The van der Waals surface area contributed by atoms with Crippen LogP contribution in [0.1, 0.15) is 11.3 Å². The predicted octanol–water partition coefficient (Wildman–Crippen LogP) is 1.61. The fourth-order valence-corrected chi connectivity index (χ4v) is 0.560. The molecule has 0 saturated heterocycles. The van der Waals surface area contributed by atoms with E-state index in [9.17, 15) is 13.2 Å². The van der Waals surface area contributed by atoms with E-state index in [1.54, 1.807) is 0 Å². The van der Waals surface area contributed by atoms with Crippen LogP contribution in [0.4, 0.5) is 13.2 Å². The Kier molecular flexibility index (Phi) is 1.42. The van der Waals surface area contributed by atoms with Crippen LogP contribution in [0.3, 0.4) is 0 Å². The highest BCUT2D eigenvalue weighted by Gasteiger charge is 2.34. The van der Waals surface area contributed by atoms with Crippen molar-refractivity contribution in [1.82, 2.24) is 10.2 Å². The summed E-state index contributed by atoms with van der Waals surface area (Å²) in [4.78, 5) is 0. The zero-order valence-corrected chi connectivity index (χ0v) is 4.87. The van der Waals surface area contributed by atoms with Crippen LogP contribution in [0, 0.1) is 6.92 Å². The molecule has 2 nitrogen and oxygen atoms in total. The van der Waals surface area contributed by atoms with Crippen molar-refractivity contribution in [3.8, 4) is 0 Å². The molecular formula is C5H4F3N2. The van der Waals surface area contributed by atoms with Crippen LogP contribution in [-0.4, -0.2) is 10.2 Å². The second-order valence-corrected chi connectivity index (χ2v) is 1.76. The molecule has 1 aromatic rings. The number of H-pyrrole nitrogens is 1. The molecule has 1 radical (unpaired) electrons. The topological polar surface area (TPSA) is 28.7 Å². The molecule has 1 N–H and O–H groups in total.